The van der Waals surface area contributed by atoms with Crippen molar-refractivity contribution in [2.75, 3.05) is 18.5 Å². The average molecular weight is 795 g/mol. The lowest BCUT2D eigenvalue weighted by molar-refractivity contribution is -0.384. The second-order valence-electron chi connectivity index (χ2n) is 13.9. The van der Waals surface area contributed by atoms with E-state index in [-0.39, 0.29) is 67.3 Å². The fourth-order valence-corrected chi connectivity index (χ4v) is 6.37. The van der Waals surface area contributed by atoms with Gasteiger partial charge in [0.15, 0.2) is 0 Å². The highest BCUT2D eigenvalue weighted by atomic mass is 16.7. The second-order valence-corrected chi connectivity index (χ2v) is 13.9. The summed E-state index contributed by atoms with van der Waals surface area (Å²) in [5.41, 5.74) is 4.74. The molecule has 0 bridgehead atoms. The zero-order valence-electron chi connectivity index (χ0n) is 32.5. The number of alkyl carbamates (subject to hydrolysis) is 1. The van der Waals surface area contributed by atoms with E-state index in [1.165, 1.54) is 42.5 Å². The van der Waals surface area contributed by atoms with Crippen LogP contribution < -0.4 is 25.4 Å². The van der Waals surface area contributed by atoms with Crippen LogP contribution in [0, 0.1) is 16.0 Å². The second kappa shape index (κ2) is 20.4. The number of anilines is 1. The molecule has 0 aromatic heterocycles. The van der Waals surface area contributed by atoms with E-state index in [9.17, 15) is 34.1 Å². The number of nitro groups is 1. The van der Waals surface area contributed by atoms with Gasteiger partial charge in [-0.15, -0.1) is 0 Å². The van der Waals surface area contributed by atoms with Gasteiger partial charge >= 0.3 is 18.2 Å². The van der Waals surface area contributed by atoms with Gasteiger partial charge < -0.3 is 34.9 Å². The van der Waals surface area contributed by atoms with Crippen molar-refractivity contribution >= 4 is 41.4 Å². The number of nitro benzene ring substituents is 1. The zero-order chi connectivity index (χ0) is 41.6. The summed E-state index contributed by atoms with van der Waals surface area (Å²) in [6, 6.07) is 24.3. The molecule has 15 heteroatoms. The summed E-state index contributed by atoms with van der Waals surface area (Å²) in [7, 11) is 0. The molecule has 58 heavy (non-hydrogen) atoms. The number of carbonyl (C=O) groups excluding carboxylic acids is 5. The van der Waals surface area contributed by atoms with E-state index < -0.39 is 41.0 Å². The van der Waals surface area contributed by atoms with Gasteiger partial charge in [-0.1, -0.05) is 82.1 Å². The lowest BCUT2D eigenvalue weighted by atomic mass is 9.98. The molecular formula is C43H46N4O11. The van der Waals surface area contributed by atoms with Crippen molar-refractivity contribution in [2.24, 2.45) is 5.92 Å². The maximum atomic E-state index is 13.1. The predicted octanol–water partition coefficient (Wildman–Crippen LogP) is 7.80. The molecule has 4 aromatic carbocycles. The normalized spacial score (nSPS) is 12.1. The number of ether oxygens (including phenoxy) is 4. The Kier molecular flexibility index (Phi) is 14.9. The number of benzene rings is 4. The number of hydrogen-bond donors (Lipinski definition) is 3. The first-order valence-corrected chi connectivity index (χ1v) is 19.0. The lowest BCUT2D eigenvalue weighted by Gasteiger charge is -2.22. The van der Waals surface area contributed by atoms with E-state index in [1.807, 2.05) is 55.5 Å². The molecule has 0 spiro atoms. The van der Waals surface area contributed by atoms with Crippen molar-refractivity contribution in [2.45, 2.75) is 71.4 Å². The third-order valence-corrected chi connectivity index (χ3v) is 9.37. The predicted molar refractivity (Wildman–Crippen MR) is 213 cm³/mol. The van der Waals surface area contributed by atoms with Gasteiger partial charge in [0, 0.05) is 54.8 Å². The fraction of sp³-hybridized carbons (Fsp3) is 0.326. The third-order valence-electron chi connectivity index (χ3n) is 9.37. The molecule has 0 fully saturated rings. The van der Waals surface area contributed by atoms with Crippen LogP contribution in [0.25, 0.3) is 11.1 Å². The highest BCUT2D eigenvalue weighted by Crippen LogP contribution is 2.44. The van der Waals surface area contributed by atoms with Crippen molar-refractivity contribution in [1.29, 1.82) is 0 Å². The molecule has 5 rings (SSSR count). The Morgan fingerprint density at radius 3 is 2.12 bits per heavy atom. The number of fused-ring (bicyclic) bond motifs is 3. The van der Waals surface area contributed by atoms with E-state index in [2.05, 4.69) is 16.0 Å². The summed E-state index contributed by atoms with van der Waals surface area (Å²) >= 11 is 0. The quantitative estimate of drug-likeness (QED) is 0.0222. The topological polar surface area (TPSA) is 201 Å². The summed E-state index contributed by atoms with van der Waals surface area (Å²) in [6.45, 7) is 5.27. The minimum atomic E-state index is -1.10. The van der Waals surface area contributed by atoms with E-state index in [0.717, 1.165) is 35.1 Å². The summed E-state index contributed by atoms with van der Waals surface area (Å²) in [5, 5.41) is 19.0. The van der Waals surface area contributed by atoms with Gasteiger partial charge in [0.2, 0.25) is 11.8 Å². The third kappa shape index (κ3) is 11.6. The standard InChI is InChI=1S/C43H46N4O11/c1-4-5-6-15-39(49)58-37-24-29(17-16-28(37)25-56-43(52)57-31-20-18-30(19-21-31)47(53)54)45-38(48)22-23-44-41(50)40(27(2)3)46-42(51)55-26-36-34-13-9-7-11-32(34)33-12-8-10-14-35(33)36/h7-14,16-21,24,27,36,40H,4-6,15,22-23,25-26H2,1-3H3,(H,44,50)(H,45,48)(H,46,51)/t40-/m0/s1. The van der Waals surface area contributed by atoms with Crippen LogP contribution in [0.2, 0.25) is 0 Å². The van der Waals surface area contributed by atoms with Gasteiger partial charge in [0.25, 0.3) is 5.69 Å². The molecule has 1 aliphatic carbocycles. The smallest absolute Gasteiger partial charge is 0.449 e. The number of hydrogen-bond acceptors (Lipinski definition) is 11. The molecule has 0 saturated heterocycles. The number of amides is 3. The number of nitrogens with zero attached hydrogens (tertiary/aromatic N) is 1. The van der Waals surface area contributed by atoms with Gasteiger partial charge in [-0.3, -0.25) is 24.5 Å². The summed E-state index contributed by atoms with van der Waals surface area (Å²) in [4.78, 5) is 74.3. The number of non-ortho nitro benzene ring substituents is 1. The molecule has 0 radical (unpaired) electrons. The van der Waals surface area contributed by atoms with E-state index in [0.29, 0.717) is 12.0 Å². The molecule has 0 heterocycles. The SMILES string of the molecule is CCCCCC(=O)Oc1cc(NC(=O)CCNC(=O)[C@@H](NC(=O)OCC2c3ccccc3-c3ccccc32)C(C)C)ccc1COC(=O)Oc1ccc([N+](=O)[O-])cc1. The van der Waals surface area contributed by atoms with E-state index in [4.69, 9.17) is 18.9 Å². The maximum absolute atomic E-state index is 13.1. The van der Waals surface area contributed by atoms with Crippen molar-refractivity contribution in [1.82, 2.24) is 10.6 Å². The Hall–Kier alpha value is -6.77. The summed E-state index contributed by atoms with van der Waals surface area (Å²) in [6.07, 6.45) is 0.553. The van der Waals surface area contributed by atoms with Gasteiger partial charge in [0.05, 0.1) is 4.92 Å². The van der Waals surface area contributed by atoms with Crippen LogP contribution in [0.15, 0.2) is 91.0 Å². The molecule has 3 N–H and O–H groups in total. The number of esters is 1. The van der Waals surface area contributed by atoms with Crippen LogP contribution in [0.4, 0.5) is 21.0 Å². The monoisotopic (exact) mass is 794 g/mol. The van der Waals surface area contributed by atoms with Crippen LogP contribution in [0.5, 0.6) is 11.5 Å². The molecule has 1 aliphatic rings. The number of carbonyl (C=O) groups is 5. The van der Waals surface area contributed by atoms with Crippen LogP contribution in [-0.2, 0) is 30.5 Å². The molecule has 304 valence electrons. The maximum Gasteiger partial charge on any atom is 0.514 e. The van der Waals surface area contributed by atoms with Crippen LogP contribution in [0.3, 0.4) is 0 Å². The number of nitrogens with one attached hydrogen (secondary N) is 3. The van der Waals surface area contributed by atoms with Crippen molar-refractivity contribution < 1.29 is 47.8 Å². The average Bonchev–Trinajstić information content (AvgIpc) is 3.52. The number of rotatable bonds is 18. The fourth-order valence-electron chi connectivity index (χ4n) is 6.37. The van der Waals surface area contributed by atoms with Crippen molar-refractivity contribution in [3.8, 4) is 22.6 Å². The summed E-state index contributed by atoms with van der Waals surface area (Å²) in [5.74, 6) is -1.80. The minimum Gasteiger partial charge on any atom is -0.449 e. The van der Waals surface area contributed by atoms with Crippen LogP contribution in [0.1, 0.15) is 75.5 Å². The first-order valence-electron chi connectivity index (χ1n) is 19.0. The molecule has 0 aliphatic heterocycles. The first kappa shape index (κ1) is 42.4. The number of unbranched alkanes of at least 4 members (excludes halogenated alkanes) is 2. The van der Waals surface area contributed by atoms with Gasteiger partial charge in [-0.2, -0.15) is 0 Å². The molecular weight excluding hydrogens is 748 g/mol. The van der Waals surface area contributed by atoms with Crippen molar-refractivity contribution in [3.63, 3.8) is 0 Å². The van der Waals surface area contributed by atoms with Crippen LogP contribution in [-0.4, -0.2) is 54.1 Å². The minimum absolute atomic E-state index is 0.0269. The molecule has 15 nitrogen and oxygen atoms in total. The Balaban J connectivity index is 1.12. The molecule has 3 amide bonds. The van der Waals surface area contributed by atoms with Gasteiger partial charge in [0.1, 0.15) is 30.8 Å². The Morgan fingerprint density at radius 2 is 1.48 bits per heavy atom. The zero-order valence-corrected chi connectivity index (χ0v) is 32.5. The highest BCUT2D eigenvalue weighted by molar-refractivity contribution is 5.92. The highest BCUT2D eigenvalue weighted by Gasteiger charge is 2.30. The summed E-state index contributed by atoms with van der Waals surface area (Å²) < 4.78 is 21.5. The largest absolute Gasteiger partial charge is 0.514 e. The molecule has 4 aromatic rings. The van der Waals surface area contributed by atoms with Crippen LogP contribution >= 0.6 is 0 Å². The van der Waals surface area contributed by atoms with Gasteiger partial charge in [-0.25, -0.2) is 9.59 Å². The van der Waals surface area contributed by atoms with Crippen molar-refractivity contribution in [3.05, 3.63) is 118 Å². The Bertz CT molecular complexity index is 2070. The van der Waals surface area contributed by atoms with E-state index in [1.54, 1.807) is 13.8 Å². The van der Waals surface area contributed by atoms with Gasteiger partial charge in [-0.05, 0) is 58.9 Å². The molecule has 1 atom stereocenters. The first-order chi connectivity index (χ1) is 27.9. The Morgan fingerprint density at radius 1 is 0.810 bits per heavy atom. The molecule has 0 unspecified atom stereocenters. The Labute approximate surface area is 335 Å². The van der Waals surface area contributed by atoms with E-state index >= 15 is 0 Å². The molecule has 0 saturated carbocycles. The lowest BCUT2D eigenvalue weighted by Crippen LogP contribution is -2.50.